The molecule has 1 N–H and O–H groups in total. The molecule has 0 saturated heterocycles. The van der Waals surface area contributed by atoms with Crippen LogP contribution in [0.2, 0.25) is 0 Å². The lowest BCUT2D eigenvalue weighted by Gasteiger charge is -2.18. The lowest BCUT2D eigenvalue weighted by atomic mass is 10.00. The molecule has 0 aliphatic carbocycles. The Hall–Kier alpha value is -3.81. The van der Waals surface area contributed by atoms with Crippen LogP contribution < -0.4 is 15.0 Å². The number of H-pyrrole nitrogens is 1. The van der Waals surface area contributed by atoms with Gasteiger partial charge in [0.2, 0.25) is 0 Å². The van der Waals surface area contributed by atoms with Gasteiger partial charge < -0.3 is 9.47 Å². The van der Waals surface area contributed by atoms with Crippen molar-refractivity contribution in [3.05, 3.63) is 88.5 Å². The van der Waals surface area contributed by atoms with Crippen LogP contribution in [0.4, 0.5) is 8.78 Å². The molecule has 2 heterocycles. The summed E-state index contributed by atoms with van der Waals surface area (Å²) in [7, 11) is 1.42. The number of aromatic amines is 1. The number of methoxy groups -OCH3 is 1. The number of rotatable bonds is 5. The predicted molar refractivity (Wildman–Crippen MR) is 103 cm³/mol. The fourth-order valence-corrected chi connectivity index (χ4v) is 2.85. The van der Waals surface area contributed by atoms with Crippen LogP contribution in [-0.4, -0.2) is 22.1 Å². The highest BCUT2D eigenvalue weighted by Gasteiger charge is 2.34. The van der Waals surface area contributed by atoms with Gasteiger partial charge >= 0.3 is 6.01 Å². The van der Waals surface area contributed by atoms with Gasteiger partial charge in [-0.3, -0.25) is 14.8 Å². The first-order valence-corrected chi connectivity index (χ1v) is 8.62. The highest BCUT2D eigenvalue weighted by atomic mass is 19.3. The Balaban J connectivity index is 1.60. The number of ether oxygens (including phenoxy) is 2. The van der Waals surface area contributed by atoms with Gasteiger partial charge in [-0.15, -0.1) is 0 Å². The van der Waals surface area contributed by atoms with E-state index in [-0.39, 0.29) is 28.4 Å². The first-order valence-electron chi connectivity index (χ1n) is 8.62. The summed E-state index contributed by atoms with van der Waals surface area (Å²) in [6, 6.07) is 12.5. The number of benzene rings is 2. The highest BCUT2D eigenvalue weighted by Crippen LogP contribution is 2.37. The first kappa shape index (κ1) is 18.5. The minimum atomic E-state index is -3.21. The number of alkyl halides is 2. The number of aromatic nitrogens is 3. The zero-order chi connectivity index (χ0) is 20.4. The third kappa shape index (κ3) is 3.64. The summed E-state index contributed by atoms with van der Waals surface area (Å²) in [5.41, 5.74) is -0.401. The number of nitrogens with zero attached hydrogens (tertiary/aromatic N) is 2. The smallest absolute Gasteiger partial charge is 0.302 e. The number of hydrogen-bond donors (Lipinski definition) is 1. The zero-order valence-electron chi connectivity index (χ0n) is 15.2. The highest BCUT2D eigenvalue weighted by molar-refractivity contribution is 5.76. The Morgan fingerprint density at radius 1 is 1.00 bits per heavy atom. The van der Waals surface area contributed by atoms with Crippen molar-refractivity contribution in [1.29, 1.82) is 0 Å². The Morgan fingerprint density at radius 2 is 1.79 bits per heavy atom. The normalized spacial score (nSPS) is 11.4. The third-order valence-electron chi connectivity index (χ3n) is 4.35. The molecule has 2 aromatic carbocycles. The summed E-state index contributed by atoms with van der Waals surface area (Å²) in [6.45, 7) is 0. The van der Waals surface area contributed by atoms with Crippen molar-refractivity contribution in [3.8, 4) is 17.5 Å². The molecule has 0 radical (unpaired) electrons. The van der Waals surface area contributed by atoms with Crippen LogP contribution >= 0.6 is 0 Å². The summed E-state index contributed by atoms with van der Waals surface area (Å²) < 4.78 is 40.2. The largest absolute Gasteiger partial charge is 0.497 e. The first-order chi connectivity index (χ1) is 14.0. The summed E-state index contributed by atoms with van der Waals surface area (Å²) in [5.74, 6) is -2.61. The minimum Gasteiger partial charge on any atom is -0.497 e. The van der Waals surface area contributed by atoms with Gasteiger partial charge in [-0.25, -0.2) is 0 Å². The number of halogens is 2. The van der Waals surface area contributed by atoms with Crippen molar-refractivity contribution in [1.82, 2.24) is 15.0 Å². The van der Waals surface area contributed by atoms with Gasteiger partial charge in [-0.1, -0.05) is 12.1 Å². The molecule has 6 nitrogen and oxygen atoms in total. The molecule has 4 rings (SSSR count). The maximum absolute atomic E-state index is 14.8. The molecule has 29 heavy (non-hydrogen) atoms. The number of hydrogen-bond acceptors (Lipinski definition) is 5. The molecule has 0 amide bonds. The van der Waals surface area contributed by atoms with Gasteiger partial charge in [0.15, 0.2) is 0 Å². The Bertz CT molecular complexity index is 1220. The lowest BCUT2D eigenvalue weighted by molar-refractivity contribution is 0.0426. The molecule has 8 heteroatoms. The van der Waals surface area contributed by atoms with E-state index in [9.17, 15) is 13.6 Å². The molecule has 0 aliphatic rings. The van der Waals surface area contributed by atoms with Crippen molar-refractivity contribution >= 4 is 10.9 Å². The summed E-state index contributed by atoms with van der Waals surface area (Å²) in [6.07, 6.45) is 2.93. The second kappa shape index (κ2) is 7.31. The van der Waals surface area contributed by atoms with E-state index < -0.39 is 5.92 Å². The average molecular weight is 395 g/mol. The van der Waals surface area contributed by atoms with Crippen molar-refractivity contribution in [3.63, 3.8) is 0 Å². The predicted octanol–water partition coefficient (Wildman–Crippen LogP) is 4.26. The van der Waals surface area contributed by atoms with Crippen molar-refractivity contribution in [2.75, 3.05) is 7.11 Å². The van der Waals surface area contributed by atoms with Crippen LogP contribution in [-0.2, 0) is 5.92 Å². The molecule has 0 bridgehead atoms. The molecule has 2 aromatic heterocycles. The van der Waals surface area contributed by atoms with Gasteiger partial charge in [0.25, 0.3) is 11.5 Å². The summed E-state index contributed by atoms with van der Waals surface area (Å²) in [5, 5.41) is 0.376. The van der Waals surface area contributed by atoms with E-state index in [1.54, 1.807) is 12.1 Å². The standard InChI is InChI=1S/C21H15F2N3O3/c1-28-16-4-2-3-14(11-16)21(22,23)13-5-7-15(8-6-13)29-20-25-18-12-24-10-9-17(18)19(27)26-20/h2-12H,1H3,(H,25,26,27). The van der Waals surface area contributed by atoms with E-state index in [0.29, 0.717) is 16.7 Å². The van der Waals surface area contributed by atoms with Crippen LogP contribution in [0.15, 0.2) is 71.8 Å². The van der Waals surface area contributed by atoms with Gasteiger partial charge in [0.1, 0.15) is 11.5 Å². The maximum Gasteiger partial charge on any atom is 0.302 e. The quantitative estimate of drug-likeness (QED) is 0.546. The molecule has 0 spiro atoms. The monoisotopic (exact) mass is 395 g/mol. The van der Waals surface area contributed by atoms with E-state index in [0.717, 1.165) is 0 Å². The fraction of sp³-hybridized carbons (Fsp3) is 0.0952. The van der Waals surface area contributed by atoms with Crippen LogP contribution in [0.5, 0.6) is 17.5 Å². The molecular weight excluding hydrogens is 380 g/mol. The van der Waals surface area contributed by atoms with Crippen LogP contribution in [0.3, 0.4) is 0 Å². The molecule has 0 fully saturated rings. The van der Waals surface area contributed by atoms with Crippen LogP contribution in [0, 0.1) is 0 Å². The molecule has 146 valence electrons. The molecular formula is C21H15F2N3O3. The molecule has 0 aliphatic heterocycles. The van der Waals surface area contributed by atoms with Crippen molar-refractivity contribution in [2.24, 2.45) is 0 Å². The van der Waals surface area contributed by atoms with Crippen LogP contribution in [0.25, 0.3) is 10.9 Å². The Morgan fingerprint density at radius 3 is 2.55 bits per heavy atom. The second-order valence-electron chi connectivity index (χ2n) is 6.20. The molecule has 0 atom stereocenters. The lowest BCUT2D eigenvalue weighted by Crippen LogP contribution is -2.15. The zero-order valence-corrected chi connectivity index (χ0v) is 15.2. The Kier molecular flexibility index (Phi) is 4.67. The minimum absolute atomic E-state index is 0.0530. The Labute approximate surface area is 163 Å². The van der Waals surface area contributed by atoms with Gasteiger partial charge in [0.05, 0.1) is 24.2 Å². The van der Waals surface area contributed by atoms with E-state index in [4.69, 9.17) is 9.47 Å². The van der Waals surface area contributed by atoms with Gasteiger partial charge in [0, 0.05) is 17.3 Å². The topological polar surface area (TPSA) is 77.1 Å². The van der Waals surface area contributed by atoms with Gasteiger partial charge in [-0.05, 0) is 42.5 Å². The molecule has 4 aromatic rings. The van der Waals surface area contributed by atoms with Gasteiger partial charge in [-0.2, -0.15) is 13.8 Å². The number of fused-ring (bicyclic) bond motifs is 1. The number of pyridine rings is 1. The van der Waals surface area contributed by atoms with E-state index in [1.807, 2.05) is 0 Å². The van der Waals surface area contributed by atoms with Crippen LogP contribution in [0.1, 0.15) is 11.1 Å². The fourth-order valence-electron chi connectivity index (χ4n) is 2.85. The summed E-state index contributed by atoms with van der Waals surface area (Å²) >= 11 is 0. The van der Waals surface area contributed by atoms with Crippen molar-refractivity contribution in [2.45, 2.75) is 5.92 Å². The molecule has 0 unspecified atom stereocenters. The van der Waals surface area contributed by atoms with E-state index in [2.05, 4.69) is 15.0 Å². The number of nitrogens with one attached hydrogen (secondary N) is 1. The van der Waals surface area contributed by atoms with E-state index >= 15 is 0 Å². The molecule has 0 saturated carbocycles. The van der Waals surface area contributed by atoms with E-state index in [1.165, 1.54) is 62.0 Å². The average Bonchev–Trinajstić information content (AvgIpc) is 2.74. The third-order valence-corrected chi connectivity index (χ3v) is 4.35. The SMILES string of the molecule is COc1cccc(C(F)(F)c2ccc(Oc3nc4cnccc4c(=O)[nH]3)cc2)c1. The maximum atomic E-state index is 14.8. The van der Waals surface area contributed by atoms with Crippen molar-refractivity contribution < 1.29 is 18.3 Å². The summed E-state index contributed by atoms with van der Waals surface area (Å²) in [4.78, 5) is 22.7. The second-order valence-corrected chi connectivity index (χ2v) is 6.20.